The Balaban J connectivity index is 1.85. The topological polar surface area (TPSA) is 51.0 Å². The highest BCUT2D eigenvalue weighted by molar-refractivity contribution is 6.31. The molecule has 1 aliphatic heterocycles. The molecule has 1 fully saturated rings. The van der Waals surface area contributed by atoms with Crippen LogP contribution in [0.25, 0.3) is 11.5 Å². The summed E-state index contributed by atoms with van der Waals surface area (Å²) in [4.78, 5) is 4.51. The Bertz CT molecular complexity index is 576. The number of nitrogens with zero attached hydrogens (tertiary/aromatic N) is 2. The molecule has 19 heavy (non-hydrogen) atoms. The van der Waals surface area contributed by atoms with Crippen molar-refractivity contribution in [1.82, 2.24) is 15.5 Å². The molecule has 5 heteroatoms. The normalized spacial score (nSPS) is 19.6. The summed E-state index contributed by atoms with van der Waals surface area (Å²) >= 11 is 6.02. The molecule has 0 radical (unpaired) electrons. The molecule has 100 valence electrons. The molecular formula is C14H16ClN3O. The first-order valence-electron chi connectivity index (χ1n) is 6.55. The van der Waals surface area contributed by atoms with Crippen LogP contribution >= 0.6 is 11.6 Å². The third-order valence-corrected chi connectivity index (χ3v) is 3.93. The average molecular weight is 278 g/mol. The van der Waals surface area contributed by atoms with E-state index in [0.29, 0.717) is 11.8 Å². The smallest absolute Gasteiger partial charge is 0.257 e. The zero-order chi connectivity index (χ0) is 13.2. The predicted octanol–water partition coefficient (Wildman–Crippen LogP) is 3.17. The maximum Gasteiger partial charge on any atom is 0.257 e. The number of halogens is 1. The molecule has 2 aromatic rings. The van der Waals surface area contributed by atoms with Gasteiger partial charge in [0.2, 0.25) is 0 Å². The Morgan fingerprint density at radius 3 is 3.05 bits per heavy atom. The van der Waals surface area contributed by atoms with Crippen LogP contribution in [0.4, 0.5) is 0 Å². The molecule has 0 saturated carbocycles. The standard InChI is InChI=1S/C14H16ClN3O/c1-9-7-10(4-5-12(9)15)14-17-13(18-19-14)11-3-2-6-16-8-11/h4-5,7,11,16H,2-3,6,8H2,1H3. The van der Waals surface area contributed by atoms with Gasteiger partial charge in [0, 0.05) is 23.0 Å². The highest BCUT2D eigenvalue weighted by Gasteiger charge is 2.21. The summed E-state index contributed by atoms with van der Waals surface area (Å²) in [5.41, 5.74) is 1.93. The van der Waals surface area contributed by atoms with E-state index in [4.69, 9.17) is 16.1 Å². The van der Waals surface area contributed by atoms with Crippen molar-refractivity contribution in [3.8, 4) is 11.5 Å². The minimum Gasteiger partial charge on any atom is -0.334 e. The molecule has 0 aliphatic carbocycles. The summed E-state index contributed by atoms with van der Waals surface area (Å²) in [7, 11) is 0. The number of aromatic nitrogens is 2. The van der Waals surface area contributed by atoms with Gasteiger partial charge in [0.1, 0.15) is 0 Å². The van der Waals surface area contributed by atoms with Crippen LogP contribution in [-0.4, -0.2) is 23.2 Å². The molecule has 0 bridgehead atoms. The molecular weight excluding hydrogens is 262 g/mol. The van der Waals surface area contributed by atoms with Gasteiger partial charge in [-0.05, 0) is 50.1 Å². The summed E-state index contributed by atoms with van der Waals surface area (Å²) in [6, 6.07) is 5.74. The van der Waals surface area contributed by atoms with Crippen LogP contribution in [0.15, 0.2) is 22.7 Å². The summed E-state index contributed by atoms with van der Waals surface area (Å²) in [5, 5.41) is 8.22. The average Bonchev–Trinajstić information content (AvgIpc) is 2.93. The van der Waals surface area contributed by atoms with Gasteiger partial charge in [0.15, 0.2) is 5.82 Å². The van der Waals surface area contributed by atoms with E-state index in [-0.39, 0.29) is 0 Å². The van der Waals surface area contributed by atoms with Crippen molar-refractivity contribution >= 4 is 11.6 Å². The Hall–Kier alpha value is -1.39. The van der Waals surface area contributed by atoms with Gasteiger partial charge in [-0.3, -0.25) is 0 Å². The zero-order valence-corrected chi connectivity index (χ0v) is 11.6. The lowest BCUT2D eigenvalue weighted by Crippen LogP contribution is -2.28. The zero-order valence-electron chi connectivity index (χ0n) is 10.8. The van der Waals surface area contributed by atoms with Crippen LogP contribution in [-0.2, 0) is 0 Å². The lowest BCUT2D eigenvalue weighted by Gasteiger charge is -2.19. The van der Waals surface area contributed by atoms with Crippen LogP contribution in [0.3, 0.4) is 0 Å². The number of hydrogen-bond donors (Lipinski definition) is 1. The first-order chi connectivity index (χ1) is 9.24. The molecule has 1 saturated heterocycles. The van der Waals surface area contributed by atoms with Crippen molar-refractivity contribution in [2.24, 2.45) is 0 Å². The quantitative estimate of drug-likeness (QED) is 0.916. The predicted molar refractivity (Wildman–Crippen MR) is 74.3 cm³/mol. The second kappa shape index (κ2) is 5.31. The van der Waals surface area contributed by atoms with Crippen LogP contribution in [0, 0.1) is 6.92 Å². The number of nitrogens with one attached hydrogen (secondary N) is 1. The van der Waals surface area contributed by atoms with E-state index < -0.39 is 0 Å². The monoisotopic (exact) mass is 277 g/mol. The van der Waals surface area contributed by atoms with E-state index in [9.17, 15) is 0 Å². The lowest BCUT2D eigenvalue weighted by atomic mass is 9.99. The van der Waals surface area contributed by atoms with E-state index in [0.717, 1.165) is 47.9 Å². The van der Waals surface area contributed by atoms with E-state index in [1.54, 1.807) is 0 Å². The first kappa shape index (κ1) is 12.6. The molecule has 1 unspecified atom stereocenters. The van der Waals surface area contributed by atoms with Crippen molar-refractivity contribution in [2.45, 2.75) is 25.7 Å². The molecule has 1 atom stereocenters. The van der Waals surface area contributed by atoms with E-state index in [1.165, 1.54) is 0 Å². The highest BCUT2D eigenvalue weighted by atomic mass is 35.5. The molecule has 4 nitrogen and oxygen atoms in total. The molecule has 1 aromatic carbocycles. The second-order valence-electron chi connectivity index (χ2n) is 4.96. The van der Waals surface area contributed by atoms with Gasteiger partial charge in [-0.2, -0.15) is 4.98 Å². The summed E-state index contributed by atoms with van der Waals surface area (Å²) < 4.78 is 5.37. The van der Waals surface area contributed by atoms with Gasteiger partial charge < -0.3 is 9.84 Å². The third-order valence-electron chi connectivity index (χ3n) is 3.51. The van der Waals surface area contributed by atoms with Gasteiger partial charge in [-0.15, -0.1) is 0 Å². The fourth-order valence-electron chi connectivity index (χ4n) is 2.37. The maximum atomic E-state index is 6.02. The van der Waals surface area contributed by atoms with Gasteiger partial charge in [0.05, 0.1) is 0 Å². The van der Waals surface area contributed by atoms with E-state index in [1.807, 2.05) is 25.1 Å². The third kappa shape index (κ3) is 2.65. The molecule has 1 N–H and O–H groups in total. The van der Waals surface area contributed by atoms with Gasteiger partial charge in [-0.1, -0.05) is 16.8 Å². The van der Waals surface area contributed by atoms with E-state index >= 15 is 0 Å². The molecule has 0 spiro atoms. The largest absolute Gasteiger partial charge is 0.334 e. The summed E-state index contributed by atoms with van der Waals surface area (Å²) in [6.07, 6.45) is 2.28. The highest BCUT2D eigenvalue weighted by Crippen LogP contribution is 2.26. The van der Waals surface area contributed by atoms with Gasteiger partial charge in [-0.25, -0.2) is 0 Å². The lowest BCUT2D eigenvalue weighted by molar-refractivity contribution is 0.393. The first-order valence-corrected chi connectivity index (χ1v) is 6.92. The Labute approximate surface area is 117 Å². The molecule has 2 heterocycles. The Morgan fingerprint density at radius 1 is 1.42 bits per heavy atom. The summed E-state index contributed by atoms with van der Waals surface area (Å²) in [5.74, 6) is 1.73. The van der Waals surface area contributed by atoms with Crippen LogP contribution in [0.5, 0.6) is 0 Å². The molecule has 1 aromatic heterocycles. The maximum absolute atomic E-state index is 6.02. The molecule has 1 aliphatic rings. The summed E-state index contributed by atoms with van der Waals surface area (Å²) in [6.45, 7) is 3.98. The minimum absolute atomic E-state index is 0.361. The van der Waals surface area contributed by atoms with Crippen molar-refractivity contribution in [1.29, 1.82) is 0 Å². The second-order valence-corrected chi connectivity index (χ2v) is 5.37. The van der Waals surface area contributed by atoms with Crippen molar-refractivity contribution in [3.63, 3.8) is 0 Å². The SMILES string of the molecule is Cc1cc(-c2nc(C3CCCNC3)no2)ccc1Cl. The van der Waals surface area contributed by atoms with Crippen molar-refractivity contribution in [2.75, 3.05) is 13.1 Å². The number of hydrogen-bond acceptors (Lipinski definition) is 4. The minimum atomic E-state index is 0.361. The van der Waals surface area contributed by atoms with E-state index in [2.05, 4.69) is 15.5 Å². The fourth-order valence-corrected chi connectivity index (χ4v) is 2.49. The van der Waals surface area contributed by atoms with Crippen LogP contribution in [0.2, 0.25) is 5.02 Å². The van der Waals surface area contributed by atoms with Gasteiger partial charge in [0.25, 0.3) is 5.89 Å². The number of aryl methyl sites for hydroxylation is 1. The van der Waals surface area contributed by atoms with Crippen LogP contribution in [0.1, 0.15) is 30.1 Å². The number of piperidine rings is 1. The Morgan fingerprint density at radius 2 is 2.32 bits per heavy atom. The van der Waals surface area contributed by atoms with Crippen molar-refractivity contribution < 1.29 is 4.52 Å². The fraction of sp³-hybridized carbons (Fsp3) is 0.429. The molecule has 3 rings (SSSR count). The van der Waals surface area contributed by atoms with Gasteiger partial charge >= 0.3 is 0 Å². The van der Waals surface area contributed by atoms with Crippen molar-refractivity contribution in [3.05, 3.63) is 34.6 Å². The molecule has 0 amide bonds. The van der Waals surface area contributed by atoms with Crippen LogP contribution < -0.4 is 5.32 Å². The number of rotatable bonds is 2. The number of benzene rings is 1. The Kier molecular flexibility index (Phi) is 3.53.